The lowest BCUT2D eigenvalue weighted by atomic mass is 9.74. The van der Waals surface area contributed by atoms with Crippen molar-refractivity contribution in [3.05, 3.63) is 29.8 Å². The molecule has 3 atom stereocenters. The number of halogens is 1. The van der Waals surface area contributed by atoms with Gasteiger partial charge in [-0.05, 0) is 50.6 Å². The van der Waals surface area contributed by atoms with Crippen LogP contribution in [-0.4, -0.2) is 38.5 Å². The van der Waals surface area contributed by atoms with Gasteiger partial charge in [-0.3, -0.25) is 0 Å². The number of rotatable bonds is 11. The van der Waals surface area contributed by atoms with Crippen LogP contribution >= 0.6 is 12.4 Å². The van der Waals surface area contributed by atoms with Gasteiger partial charge in [0.1, 0.15) is 5.75 Å². The monoisotopic (exact) mass is 399 g/mol. The van der Waals surface area contributed by atoms with Crippen molar-refractivity contribution in [3.8, 4) is 5.75 Å². The van der Waals surface area contributed by atoms with Gasteiger partial charge in [0.2, 0.25) is 0 Å². The Balaban J connectivity index is 0.00000364. The molecule has 1 aromatic rings. The molecule has 5 heteroatoms. The van der Waals surface area contributed by atoms with Gasteiger partial charge in [-0.1, -0.05) is 38.5 Å². The van der Waals surface area contributed by atoms with Gasteiger partial charge >= 0.3 is 0 Å². The Labute approximate surface area is 171 Å². The van der Waals surface area contributed by atoms with Crippen LogP contribution < -0.4 is 10.1 Å². The number of aliphatic hydroxyl groups is 1. The second-order valence-electron chi connectivity index (χ2n) is 7.74. The first-order valence-electron chi connectivity index (χ1n) is 10.3. The first-order chi connectivity index (χ1) is 12.6. The fourth-order valence-corrected chi connectivity index (χ4v) is 3.76. The highest BCUT2D eigenvalue weighted by Gasteiger charge is 2.40. The Kier molecular flexibility index (Phi) is 11.3. The minimum absolute atomic E-state index is 0. The van der Waals surface area contributed by atoms with Crippen LogP contribution in [0.1, 0.15) is 57.9 Å². The van der Waals surface area contributed by atoms with Gasteiger partial charge in [0.05, 0.1) is 12.2 Å². The molecule has 2 N–H and O–H groups in total. The minimum Gasteiger partial charge on any atom is -0.493 e. The number of hydrogen-bond acceptors (Lipinski definition) is 4. The summed E-state index contributed by atoms with van der Waals surface area (Å²) in [6.07, 6.45) is 5.91. The Hall–Kier alpha value is -0.810. The molecule has 1 heterocycles. The molecule has 156 valence electrons. The maximum atomic E-state index is 11.8. The van der Waals surface area contributed by atoms with Crippen LogP contribution in [-0.2, 0) is 10.3 Å². The number of benzene rings is 1. The molecular formula is C22H38ClNO3. The third-order valence-corrected chi connectivity index (χ3v) is 5.70. The van der Waals surface area contributed by atoms with Crippen molar-refractivity contribution in [1.82, 2.24) is 5.32 Å². The number of unbranched alkanes of at least 4 members (excludes halogenated alkanes) is 1. The number of ether oxygens (including phenoxy) is 2. The Morgan fingerprint density at radius 2 is 2.07 bits per heavy atom. The van der Waals surface area contributed by atoms with Crippen LogP contribution in [0.3, 0.4) is 0 Å². The second kappa shape index (κ2) is 12.6. The number of methoxy groups -OCH3 is 1. The molecule has 0 spiro atoms. The average Bonchev–Trinajstić information content (AvgIpc) is 2.70. The predicted octanol–water partition coefficient (Wildman–Crippen LogP) is 4.54. The van der Waals surface area contributed by atoms with Crippen molar-refractivity contribution in [2.75, 3.05) is 33.4 Å². The van der Waals surface area contributed by atoms with Gasteiger partial charge in [-0.15, -0.1) is 12.4 Å². The molecule has 0 radical (unpaired) electrons. The highest BCUT2D eigenvalue weighted by atomic mass is 35.5. The third kappa shape index (κ3) is 6.94. The minimum atomic E-state index is -0.854. The van der Waals surface area contributed by atoms with Crippen molar-refractivity contribution in [2.45, 2.75) is 58.0 Å². The van der Waals surface area contributed by atoms with E-state index < -0.39 is 5.60 Å². The van der Waals surface area contributed by atoms with Gasteiger partial charge in [0.15, 0.2) is 0 Å². The zero-order valence-corrected chi connectivity index (χ0v) is 18.0. The molecule has 4 nitrogen and oxygen atoms in total. The molecule has 1 aliphatic rings. The molecule has 1 aromatic carbocycles. The van der Waals surface area contributed by atoms with Gasteiger partial charge in [0, 0.05) is 31.7 Å². The van der Waals surface area contributed by atoms with Crippen molar-refractivity contribution < 1.29 is 14.6 Å². The Morgan fingerprint density at radius 1 is 1.30 bits per heavy atom. The molecule has 0 bridgehead atoms. The lowest BCUT2D eigenvalue weighted by molar-refractivity contribution is -0.0454. The van der Waals surface area contributed by atoms with Crippen LogP contribution in [0.15, 0.2) is 24.3 Å². The molecule has 27 heavy (non-hydrogen) atoms. The third-order valence-electron chi connectivity index (χ3n) is 5.70. The molecule has 2 rings (SSSR count). The highest BCUT2D eigenvalue weighted by molar-refractivity contribution is 5.85. The van der Waals surface area contributed by atoms with E-state index in [2.05, 4.69) is 25.2 Å². The van der Waals surface area contributed by atoms with Crippen molar-refractivity contribution in [3.63, 3.8) is 0 Å². The maximum Gasteiger partial charge on any atom is 0.125 e. The normalized spacial score (nSPS) is 20.4. The first kappa shape index (κ1) is 24.2. The van der Waals surface area contributed by atoms with Crippen LogP contribution in [0.2, 0.25) is 0 Å². The van der Waals surface area contributed by atoms with E-state index in [1.807, 2.05) is 18.2 Å². The van der Waals surface area contributed by atoms with Gasteiger partial charge < -0.3 is 19.9 Å². The zero-order valence-electron chi connectivity index (χ0n) is 17.2. The van der Waals surface area contributed by atoms with Gasteiger partial charge in [-0.2, -0.15) is 0 Å². The van der Waals surface area contributed by atoms with Crippen molar-refractivity contribution in [1.29, 1.82) is 0 Å². The summed E-state index contributed by atoms with van der Waals surface area (Å²) < 4.78 is 11.3. The first-order valence-corrected chi connectivity index (χ1v) is 10.3. The topological polar surface area (TPSA) is 50.7 Å². The van der Waals surface area contributed by atoms with Crippen molar-refractivity contribution >= 4 is 12.4 Å². The van der Waals surface area contributed by atoms with E-state index in [1.54, 1.807) is 7.11 Å². The molecule has 0 aromatic heterocycles. The largest absolute Gasteiger partial charge is 0.493 e. The Morgan fingerprint density at radius 3 is 2.74 bits per heavy atom. The zero-order chi connectivity index (χ0) is 18.8. The summed E-state index contributed by atoms with van der Waals surface area (Å²) in [5.74, 6) is 1.56. The molecule has 1 saturated heterocycles. The SMILES string of the molecule is CCC(C)COc1ccccc1[C@](O)(CCCCOC)C1CCCNC1.Cl. The van der Waals surface area contributed by atoms with E-state index in [4.69, 9.17) is 9.47 Å². The standard InChI is InChI=1S/C22H37NO3.ClH/c1-4-18(2)17-26-21-12-6-5-11-20(21)22(24,13-7-8-15-25-3)19-10-9-14-23-16-19;/h5-6,11-12,18-19,23-24H,4,7-10,13-17H2,1-3H3;1H/t18?,19?,22-;/m0./s1. The van der Waals surface area contributed by atoms with E-state index >= 15 is 0 Å². The van der Waals surface area contributed by atoms with Crippen LogP contribution in [0.5, 0.6) is 5.75 Å². The molecule has 1 fully saturated rings. The summed E-state index contributed by atoms with van der Waals surface area (Å²) in [5, 5.41) is 15.3. The van der Waals surface area contributed by atoms with Crippen molar-refractivity contribution in [2.24, 2.45) is 11.8 Å². The lowest BCUT2D eigenvalue weighted by Gasteiger charge is -2.40. The van der Waals surface area contributed by atoms with Crippen LogP contribution in [0, 0.1) is 11.8 Å². The molecule has 0 amide bonds. The van der Waals surface area contributed by atoms with E-state index in [9.17, 15) is 5.11 Å². The van der Waals surface area contributed by atoms with E-state index in [0.717, 1.165) is 69.5 Å². The van der Waals surface area contributed by atoms with Crippen LogP contribution in [0.4, 0.5) is 0 Å². The molecule has 0 saturated carbocycles. The Bertz CT molecular complexity index is 522. The highest BCUT2D eigenvalue weighted by Crippen LogP contribution is 2.42. The number of hydrogen-bond donors (Lipinski definition) is 2. The fraction of sp³-hybridized carbons (Fsp3) is 0.727. The fourth-order valence-electron chi connectivity index (χ4n) is 3.76. The summed E-state index contributed by atoms with van der Waals surface area (Å²) in [4.78, 5) is 0. The van der Waals surface area contributed by atoms with Gasteiger partial charge in [-0.25, -0.2) is 0 Å². The quantitative estimate of drug-likeness (QED) is 0.536. The lowest BCUT2D eigenvalue weighted by Crippen LogP contribution is -2.44. The van der Waals surface area contributed by atoms with E-state index in [-0.39, 0.29) is 18.3 Å². The summed E-state index contributed by atoms with van der Waals surface area (Å²) in [5.41, 5.74) is 0.0992. The predicted molar refractivity (Wildman–Crippen MR) is 114 cm³/mol. The summed E-state index contributed by atoms with van der Waals surface area (Å²) in [7, 11) is 1.73. The number of para-hydroxylation sites is 1. The number of nitrogens with one attached hydrogen (secondary N) is 1. The molecule has 1 aliphatic heterocycles. The average molecular weight is 400 g/mol. The summed E-state index contributed by atoms with van der Waals surface area (Å²) >= 11 is 0. The maximum absolute atomic E-state index is 11.8. The molecule has 2 unspecified atom stereocenters. The number of piperidine rings is 1. The second-order valence-corrected chi connectivity index (χ2v) is 7.74. The van der Waals surface area contributed by atoms with Crippen LogP contribution in [0.25, 0.3) is 0 Å². The molecule has 0 aliphatic carbocycles. The molecular weight excluding hydrogens is 362 g/mol. The van der Waals surface area contributed by atoms with E-state index in [0.29, 0.717) is 12.5 Å². The summed E-state index contributed by atoms with van der Waals surface area (Å²) in [6, 6.07) is 8.08. The van der Waals surface area contributed by atoms with E-state index in [1.165, 1.54) is 0 Å². The summed E-state index contributed by atoms with van der Waals surface area (Å²) in [6.45, 7) is 7.72. The smallest absolute Gasteiger partial charge is 0.125 e. The van der Waals surface area contributed by atoms with Gasteiger partial charge in [0.25, 0.3) is 0 Å².